The van der Waals surface area contributed by atoms with Gasteiger partial charge < -0.3 is 19.9 Å². The van der Waals surface area contributed by atoms with Crippen molar-refractivity contribution in [3.63, 3.8) is 0 Å². The molecule has 3 aromatic rings. The summed E-state index contributed by atoms with van der Waals surface area (Å²) in [6, 6.07) is 15.9. The number of rotatable bonds is 10. The largest absolute Gasteiger partial charge is 0.480 e. The fraction of sp³-hybridized carbons (Fsp3) is 0.292. The van der Waals surface area contributed by atoms with Crippen LogP contribution in [-0.4, -0.2) is 33.7 Å². The third-order valence-corrected chi connectivity index (χ3v) is 4.94. The van der Waals surface area contributed by atoms with Gasteiger partial charge in [0, 0.05) is 18.3 Å². The summed E-state index contributed by atoms with van der Waals surface area (Å²) in [7, 11) is 0. The van der Waals surface area contributed by atoms with Crippen molar-refractivity contribution < 1.29 is 19.4 Å². The summed E-state index contributed by atoms with van der Waals surface area (Å²) in [6.45, 7) is 6.54. The van der Waals surface area contributed by atoms with Crippen LogP contribution in [0.1, 0.15) is 30.5 Å². The molecule has 0 fully saturated rings. The van der Waals surface area contributed by atoms with Crippen LogP contribution in [0.15, 0.2) is 54.7 Å². The second-order valence-corrected chi connectivity index (χ2v) is 7.10. The van der Waals surface area contributed by atoms with Gasteiger partial charge in [0.25, 0.3) is 0 Å². The number of carboxylic acid groups (broad SMARTS) is 1. The monoisotopic (exact) mass is 421 g/mol. The van der Waals surface area contributed by atoms with Crippen LogP contribution in [-0.2, 0) is 17.9 Å². The number of aliphatic carboxylic acids is 1. The fourth-order valence-electron chi connectivity index (χ4n) is 3.09. The van der Waals surface area contributed by atoms with Gasteiger partial charge >= 0.3 is 12.0 Å². The van der Waals surface area contributed by atoms with Crippen molar-refractivity contribution in [3.05, 3.63) is 71.4 Å². The molecule has 0 radical (unpaired) electrons. The first-order valence-corrected chi connectivity index (χ1v) is 10.2. The van der Waals surface area contributed by atoms with Gasteiger partial charge in [0.1, 0.15) is 12.6 Å². The molecule has 3 rings (SSSR count). The van der Waals surface area contributed by atoms with E-state index in [1.165, 1.54) is 0 Å². The van der Waals surface area contributed by atoms with Crippen LogP contribution in [0.4, 0.5) is 0 Å². The van der Waals surface area contributed by atoms with E-state index in [0.717, 1.165) is 22.3 Å². The number of carboxylic acids is 1. The zero-order chi connectivity index (χ0) is 22.2. The molecule has 1 heterocycles. The highest BCUT2D eigenvalue weighted by molar-refractivity contribution is 5.72. The lowest BCUT2D eigenvalue weighted by Gasteiger charge is -2.14. The quantitative estimate of drug-likeness (QED) is 0.511. The molecule has 0 aliphatic heterocycles. The Bertz CT molecular complexity index is 1020. The van der Waals surface area contributed by atoms with E-state index in [1.54, 1.807) is 13.1 Å². The van der Waals surface area contributed by atoms with Crippen molar-refractivity contribution in [2.75, 3.05) is 6.61 Å². The highest BCUT2D eigenvalue weighted by Crippen LogP contribution is 2.26. The van der Waals surface area contributed by atoms with E-state index in [0.29, 0.717) is 24.7 Å². The fourth-order valence-corrected chi connectivity index (χ4v) is 3.09. The summed E-state index contributed by atoms with van der Waals surface area (Å²) in [5.74, 6) is -0.542. The number of nitrogens with one attached hydrogen (secondary N) is 1. The zero-order valence-corrected chi connectivity index (χ0v) is 18.0. The Hall–Kier alpha value is -3.45. The molecular weight excluding hydrogens is 394 g/mol. The molecule has 0 saturated carbocycles. The van der Waals surface area contributed by atoms with Crippen molar-refractivity contribution in [2.24, 2.45) is 0 Å². The summed E-state index contributed by atoms with van der Waals surface area (Å²) in [6.07, 6.45) is 1.60. The molecule has 0 aliphatic carbocycles. The van der Waals surface area contributed by atoms with Crippen LogP contribution in [0.25, 0.3) is 11.1 Å². The summed E-state index contributed by atoms with van der Waals surface area (Å²) < 4.78 is 11.5. The Morgan fingerprint density at radius 1 is 1.10 bits per heavy atom. The smallest absolute Gasteiger partial charge is 0.320 e. The molecule has 162 valence electrons. The maximum Gasteiger partial charge on any atom is 0.320 e. The van der Waals surface area contributed by atoms with Gasteiger partial charge in [-0.05, 0) is 43.0 Å². The second kappa shape index (κ2) is 10.5. The Morgan fingerprint density at radius 3 is 2.58 bits per heavy atom. The highest BCUT2D eigenvalue weighted by Gasteiger charge is 2.14. The van der Waals surface area contributed by atoms with Gasteiger partial charge in [-0.2, -0.15) is 4.98 Å². The lowest BCUT2D eigenvalue weighted by Crippen LogP contribution is -2.33. The number of hydrogen-bond acceptors (Lipinski definition) is 6. The first kappa shape index (κ1) is 22.2. The van der Waals surface area contributed by atoms with Crippen LogP contribution < -0.4 is 14.8 Å². The maximum atomic E-state index is 11.0. The number of benzene rings is 2. The van der Waals surface area contributed by atoms with Crippen molar-refractivity contribution in [1.29, 1.82) is 0 Å². The lowest BCUT2D eigenvalue weighted by atomic mass is 9.97. The van der Waals surface area contributed by atoms with Crippen LogP contribution in [0.2, 0.25) is 0 Å². The van der Waals surface area contributed by atoms with Gasteiger partial charge in [0.15, 0.2) is 0 Å². The summed E-state index contributed by atoms with van der Waals surface area (Å²) in [4.78, 5) is 19.6. The Kier molecular flexibility index (Phi) is 7.56. The molecule has 31 heavy (non-hydrogen) atoms. The molecule has 0 saturated heterocycles. The van der Waals surface area contributed by atoms with Gasteiger partial charge in [-0.25, -0.2) is 4.98 Å². The molecular formula is C24H27N3O4. The van der Waals surface area contributed by atoms with E-state index in [2.05, 4.69) is 40.4 Å². The average molecular weight is 421 g/mol. The Morgan fingerprint density at radius 2 is 1.87 bits per heavy atom. The molecule has 1 unspecified atom stereocenters. The first-order valence-electron chi connectivity index (χ1n) is 10.2. The van der Waals surface area contributed by atoms with E-state index in [-0.39, 0.29) is 12.6 Å². The highest BCUT2D eigenvalue weighted by atomic mass is 16.5. The van der Waals surface area contributed by atoms with Gasteiger partial charge in [0.2, 0.25) is 5.88 Å². The number of hydrogen-bond donors (Lipinski definition) is 2. The van der Waals surface area contributed by atoms with E-state index >= 15 is 0 Å². The number of ether oxygens (including phenoxy) is 2. The maximum absolute atomic E-state index is 11.0. The van der Waals surface area contributed by atoms with Crippen LogP contribution in [0.5, 0.6) is 11.9 Å². The van der Waals surface area contributed by atoms with Crippen molar-refractivity contribution in [2.45, 2.75) is 40.0 Å². The minimum absolute atomic E-state index is 0.211. The third-order valence-electron chi connectivity index (χ3n) is 4.94. The Labute approximate surface area is 182 Å². The normalized spacial score (nSPS) is 11.7. The topological polar surface area (TPSA) is 93.6 Å². The number of aromatic nitrogens is 2. The second-order valence-electron chi connectivity index (χ2n) is 7.10. The third kappa shape index (κ3) is 5.79. The van der Waals surface area contributed by atoms with E-state index in [9.17, 15) is 4.79 Å². The summed E-state index contributed by atoms with van der Waals surface area (Å²) >= 11 is 0. The average Bonchev–Trinajstić information content (AvgIpc) is 2.78. The molecule has 0 spiro atoms. The minimum atomic E-state index is -0.924. The van der Waals surface area contributed by atoms with Crippen molar-refractivity contribution >= 4 is 5.97 Å². The molecule has 1 aromatic heterocycles. The van der Waals surface area contributed by atoms with Crippen LogP contribution in [0.3, 0.4) is 0 Å². The van der Waals surface area contributed by atoms with E-state index in [4.69, 9.17) is 14.6 Å². The lowest BCUT2D eigenvalue weighted by molar-refractivity contribution is -0.139. The molecule has 0 bridgehead atoms. The molecule has 0 amide bonds. The van der Waals surface area contributed by atoms with Gasteiger partial charge in [0.05, 0.1) is 6.61 Å². The predicted octanol–water partition coefficient (Wildman–Crippen LogP) is 3.99. The summed E-state index contributed by atoms with van der Waals surface area (Å²) in [5, 5.41) is 11.9. The number of nitrogens with zero attached hydrogens (tertiary/aromatic N) is 2. The predicted molar refractivity (Wildman–Crippen MR) is 118 cm³/mol. The molecule has 1 atom stereocenters. The van der Waals surface area contributed by atoms with E-state index < -0.39 is 12.0 Å². The van der Waals surface area contributed by atoms with Crippen LogP contribution in [0, 0.1) is 6.92 Å². The Balaban J connectivity index is 1.73. The zero-order valence-electron chi connectivity index (χ0n) is 18.0. The van der Waals surface area contributed by atoms with Crippen molar-refractivity contribution in [3.8, 4) is 23.0 Å². The molecule has 7 heteroatoms. The molecule has 2 N–H and O–H groups in total. The number of carbonyl (C=O) groups is 1. The molecule has 0 aliphatic rings. The van der Waals surface area contributed by atoms with Crippen LogP contribution >= 0.6 is 0 Å². The van der Waals surface area contributed by atoms with Gasteiger partial charge in [-0.3, -0.25) is 4.79 Å². The van der Waals surface area contributed by atoms with Gasteiger partial charge in [-0.1, -0.05) is 48.5 Å². The summed E-state index contributed by atoms with van der Waals surface area (Å²) in [5.41, 5.74) is 5.17. The first-order chi connectivity index (χ1) is 15.0. The molecule has 2 aromatic carbocycles. The SMILES string of the molecule is CCOc1nc(OCc2cccc(-c3ccccc3)c2C)ncc1CNC(C)C(=O)O. The van der Waals surface area contributed by atoms with E-state index in [1.807, 2.05) is 37.3 Å². The van der Waals surface area contributed by atoms with Gasteiger partial charge in [-0.15, -0.1) is 0 Å². The van der Waals surface area contributed by atoms with Crippen molar-refractivity contribution in [1.82, 2.24) is 15.3 Å². The minimum Gasteiger partial charge on any atom is -0.480 e. The standard InChI is InChI=1S/C24H27N3O4/c1-4-30-22-20(13-25-17(3)23(28)29)14-26-24(27-22)31-15-19-11-8-12-21(16(19)2)18-9-6-5-7-10-18/h5-12,14,17,25H,4,13,15H2,1-3H3,(H,28,29). The molecule has 7 nitrogen and oxygen atoms in total.